The number of hydrogen-bond donors (Lipinski definition) is 1. The molecule has 1 unspecified atom stereocenters. The molecule has 1 fully saturated rings. The highest BCUT2D eigenvalue weighted by atomic mass is 127. The quantitative estimate of drug-likeness (QED) is 0.393. The molecule has 0 saturated carbocycles. The number of pyridine rings is 1. The van der Waals surface area contributed by atoms with Crippen molar-refractivity contribution in [2.24, 2.45) is 4.99 Å². The Kier molecular flexibility index (Phi) is 7.87. The average Bonchev–Trinajstić information content (AvgIpc) is 2.68. The normalized spacial score (nSPS) is 17.3. The van der Waals surface area contributed by atoms with Crippen molar-refractivity contribution in [1.82, 2.24) is 20.1 Å². The van der Waals surface area contributed by atoms with Gasteiger partial charge in [-0.1, -0.05) is 24.3 Å². The number of benzene rings is 1. The summed E-state index contributed by atoms with van der Waals surface area (Å²) in [4.78, 5) is 12.2. The van der Waals surface area contributed by atoms with Gasteiger partial charge in [0.1, 0.15) is 6.04 Å². The summed E-state index contributed by atoms with van der Waals surface area (Å²) in [6.45, 7) is 3.51. The zero-order valence-electron chi connectivity index (χ0n) is 15.9. The molecule has 0 spiro atoms. The van der Waals surface area contributed by atoms with Crippen molar-refractivity contribution in [1.29, 1.82) is 0 Å². The first-order valence-corrected chi connectivity index (χ1v) is 8.99. The molecular formula is C19H25F3IN5. The Bertz CT molecular complexity index is 798. The lowest BCUT2D eigenvalue weighted by atomic mass is 10.1. The van der Waals surface area contributed by atoms with Crippen molar-refractivity contribution in [3.8, 4) is 0 Å². The van der Waals surface area contributed by atoms with Gasteiger partial charge in [0, 0.05) is 51.4 Å². The second-order valence-electron chi connectivity index (χ2n) is 6.63. The fraction of sp³-hybridized carbons (Fsp3) is 0.474. The molecule has 0 aliphatic carbocycles. The molecule has 1 N–H and O–H groups in total. The van der Waals surface area contributed by atoms with Crippen molar-refractivity contribution in [3.05, 3.63) is 42.1 Å². The molecule has 3 rings (SSSR count). The fourth-order valence-electron chi connectivity index (χ4n) is 3.34. The summed E-state index contributed by atoms with van der Waals surface area (Å²) in [7, 11) is 1.69. The van der Waals surface area contributed by atoms with Crippen LogP contribution in [-0.2, 0) is 6.54 Å². The molecule has 1 aromatic carbocycles. The fourth-order valence-corrected chi connectivity index (χ4v) is 3.34. The summed E-state index contributed by atoms with van der Waals surface area (Å²) in [5, 5.41) is 4.39. The Hall–Kier alpha value is -1.62. The lowest BCUT2D eigenvalue weighted by Gasteiger charge is -2.39. The first-order valence-electron chi connectivity index (χ1n) is 8.99. The van der Waals surface area contributed by atoms with Crippen LogP contribution >= 0.6 is 24.0 Å². The van der Waals surface area contributed by atoms with E-state index in [0.29, 0.717) is 38.7 Å². The average molecular weight is 507 g/mol. The van der Waals surface area contributed by atoms with Crippen molar-refractivity contribution < 1.29 is 13.2 Å². The second kappa shape index (κ2) is 9.73. The number of hydrogen-bond acceptors (Lipinski definition) is 3. The number of para-hydroxylation sites is 1. The molecule has 1 atom stereocenters. The first-order chi connectivity index (χ1) is 12.9. The number of fused-ring (bicyclic) bond motifs is 1. The van der Waals surface area contributed by atoms with E-state index in [4.69, 9.17) is 0 Å². The number of nitrogens with one attached hydrogen (secondary N) is 1. The Labute approximate surface area is 180 Å². The highest BCUT2D eigenvalue weighted by Crippen LogP contribution is 2.25. The van der Waals surface area contributed by atoms with E-state index in [1.165, 1.54) is 11.8 Å². The number of aliphatic imine (C=N–C) groups is 1. The number of aromatic nitrogens is 1. The SMILES string of the molecule is CN=C(NCc1cccc2cccnc12)N1CCN(C(C)C(F)(F)F)CC1.I. The Balaban J connectivity index is 0.00000280. The van der Waals surface area contributed by atoms with Gasteiger partial charge in [-0.2, -0.15) is 13.2 Å². The third-order valence-corrected chi connectivity index (χ3v) is 5.00. The van der Waals surface area contributed by atoms with Gasteiger partial charge in [-0.3, -0.25) is 14.9 Å². The molecule has 154 valence electrons. The van der Waals surface area contributed by atoms with Crippen LogP contribution in [0.4, 0.5) is 13.2 Å². The zero-order chi connectivity index (χ0) is 19.4. The summed E-state index contributed by atoms with van der Waals surface area (Å²) < 4.78 is 38.7. The minimum atomic E-state index is -4.19. The lowest BCUT2D eigenvalue weighted by molar-refractivity contribution is -0.181. The standard InChI is InChI=1S/C19H24F3N5.HI/c1-14(19(20,21)22)26-9-11-27(12-10-26)18(23-2)25-13-16-6-3-5-15-7-4-8-24-17(15)16;/h3-8,14H,9-13H2,1-2H3,(H,23,25);1H. The van der Waals surface area contributed by atoms with Crippen molar-refractivity contribution in [2.45, 2.75) is 25.7 Å². The van der Waals surface area contributed by atoms with Gasteiger partial charge in [-0.05, 0) is 18.6 Å². The predicted octanol–water partition coefficient (Wildman–Crippen LogP) is 3.50. The molecule has 0 radical (unpaired) electrons. The third kappa shape index (κ3) is 5.25. The van der Waals surface area contributed by atoms with E-state index in [2.05, 4.69) is 15.3 Å². The van der Waals surface area contributed by atoms with Crippen LogP contribution in [0.15, 0.2) is 41.5 Å². The minimum absolute atomic E-state index is 0. The van der Waals surface area contributed by atoms with Crippen LogP contribution in [0.3, 0.4) is 0 Å². The smallest absolute Gasteiger partial charge is 0.352 e. The van der Waals surface area contributed by atoms with E-state index in [9.17, 15) is 13.2 Å². The van der Waals surface area contributed by atoms with E-state index in [1.54, 1.807) is 13.2 Å². The van der Waals surface area contributed by atoms with Gasteiger partial charge >= 0.3 is 6.18 Å². The number of guanidine groups is 1. The van der Waals surface area contributed by atoms with Gasteiger partial charge in [0.05, 0.1) is 5.52 Å². The van der Waals surface area contributed by atoms with Crippen molar-refractivity contribution >= 4 is 40.8 Å². The summed E-state index contributed by atoms with van der Waals surface area (Å²) in [6.07, 6.45) is -2.43. The van der Waals surface area contributed by atoms with Crippen LogP contribution in [0.2, 0.25) is 0 Å². The highest BCUT2D eigenvalue weighted by Gasteiger charge is 2.41. The van der Waals surface area contributed by atoms with Crippen LogP contribution in [0, 0.1) is 0 Å². The van der Waals surface area contributed by atoms with E-state index >= 15 is 0 Å². The molecule has 9 heteroatoms. The second-order valence-corrected chi connectivity index (χ2v) is 6.63. The molecule has 0 amide bonds. The van der Waals surface area contributed by atoms with E-state index < -0.39 is 12.2 Å². The Morgan fingerprint density at radius 1 is 1.18 bits per heavy atom. The number of alkyl halides is 3. The topological polar surface area (TPSA) is 43.8 Å². The van der Waals surface area contributed by atoms with E-state index in [0.717, 1.165) is 16.5 Å². The van der Waals surface area contributed by atoms with Crippen LogP contribution in [0.1, 0.15) is 12.5 Å². The van der Waals surface area contributed by atoms with Gasteiger partial charge in [0.25, 0.3) is 0 Å². The monoisotopic (exact) mass is 507 g/mol. The molecule has 0 bridgehead atoms. The number of halogens is 4. The van der Waals surface area contributed by atoms with Crippen LogP contribution in [-0.4, -0.2) is 66.2 Å². The van der Waals surface area contributed by atoms with Crippen LogP contribution < -0.4 is 5.32 Å². The molecule has 5 nitrogen and oxygen atoms in total. The van der Waals surface area contributed by atoms with E-state index in [1.807, 2.05) is 35.2 Å². The lowest BCUT2D eigenvalue weighted by Crippen LogP contribution is -2.56. The largest absolute Gasteiger partial charge is 0.403 e. The number of nitrogens with zero attached hydrogens (tertiary/aromatic N) is 4. The Morgan fingerprint density at radius 3 is 2.50 bits per heavy atom. The molecule has 28 heavy (non-hydrogen) atoms. The van der Waals surface area contributed by atoms with Gasteiger partial charge in [0.15, 0.2) is 5.96 Å². The third-order valence-electron chi connectivity index (χ3n) is 5.00. The summed E-state index contributed by atoms with van der Waals surface area (Å²) >= 11 is 0. The summed E-state index contributed by atoms with van der Waals surface area (Å²) in [5.74, 6) is 0.697. The molecule has 1 aliphatic heterocycles. The zero-order valence-corrected chi connectivity index (χ0v) is 18.2. The first kappa shape index (κ1) is 22.7. The maximum absolute atomic E-state index is 12.9. The molecular weight excluding hydrogens is 482 g/mol. The molecule has 1 saturated heterocycles. The van der Waals surface area contributed by atoms with Crippen LogP contribution in [0.5, 0.6) is 0 Å². The van der Waals surface area contributed by atoms with E-state index in [-0.39, 0.29) is 24.0 Å². The maximum Gasteiger partial charge on any atom is 0.403 e. The van der Waals surface area contributed by atoms with Gasteiger partial charge < -0.3 is 10.2 Å². The molecule has 1 aromatic heterocycles. The highest BCUT2D eigenvalue weighted by molar-refractivity contribution is 14.0. The molecule has 1 aliphatic rings. The van der Waals surface area contributed by atoms with Gasteiger partial charge in [-0.25, -0.2) is 0 Å². The van der Waals surface area contributed by atoms with Crippen molar-refractivity contribution in [3.63, 3.8) is 0 Å². The molecule has 2 heterocycles. The predicted molar refractivity (Wildman–Crippen MR) is 116 cm³/mol. The Morgan fingerprint density at radius 2 is 1.86 bits per heavy atom. The minimum Gasteiger partial charge on any atom is -0.352 e. The maximum atomic E-state index is 12.9. The molecule has 2 aromatic rings. The summed E-state index contributed by atoms with van der Waals surface area (Å²) in [5.41, 5.74) is 1.99. The number of piperazine rings is 1. The number of rotatable bonds is 3. The van der Waals surface area contributed by atoms with Crippen LogP contribution in [0.25, 0.3) is 10.9 Å². The van der Waals surface area contributed by atoms with Crippen molar-refractivity contribution in [2.75, 3.05) is 33.2 Å². The van der Waals surface area contributed by atoms with Gasteiger partial charge in [-0.15, -0.1) is 24.0 Å². The van der Waals surface area contributed by atoms with Gasteiger partial charge in [0.2, 0.25) is 0 Å². The summed E-state index contributed by atoms with van der Waals surface area (Å²) in [6, 6.07) is 8.51.